The summed E-state index contributed by atoms with van der Waals surface area (Å²) in [5, 5.41) is 3.12. The number of benzene rings is 1. The second-order valence-electron chi connectivity index (χ2n) is 7.74. The van der Waals surface area contributed by atoms with Crippen molar-refractivity contribution in [1.29, 1.82) is 0 Å². The molecule has 1 N–H and O–H groups in total. The predicted octanol–water partition coefficient (Wildman–Crippen LogP) is 4.00. The number of alkyl halides is 2. The van der Waals surface area contributed by atoms with Gasteiger partial charge in [-0.1, -0.05) is 19.9 Å². The lowest BCUT2D eigenvalue weighted by Gasteiger charge is -2.23. The number of anilines is 1. The number of carbonyl (C=O) groups is 2. The van der Waals surface area contributed by atoms with E-state index in [4.69, 9.17) is 4.74 Å². The summed E-state index contributed by atoms with van der Waals surface area (Å²) in [5.74, 6) is 0.224. The van der Waals surface area contributed by atoms with Gasteiger partial charge in [0.25, 0.3) is 0 Å². The van der Waals surface area contributed by atoms with E-state index in [-0.39, 0.29) is 48.2 Å². The van der Waals surface area contributed by atoms with Crippen molar-refractivity contribution in [1.82, 2.24) is 14.3 Å². The van der Waals surface area contributed by atoms with Crippen molar-refractivity contribution < 1.29 is 27.8 Å². The number of hydrogen-bond acceptors (Lipinski definition) is 7. The minimum Gasteiger partial charge on any atom is -0.490 e. The van der Waals surface area contributed by atoms with E-state index in [1.54, 1.807) is 26.0 Å². The third kappa shape index (κ3) is 5.50. The van der Waals surface area contributed by atoms with E-state index in [0.29, 0.717) is 17.5 Å². The van der Waals surface area contributed by atoms with Gasteiger partial charge < -0.3 is 14.4 Å². The summed E-state index contributed by atoms with van der Waals surface area (Å²) in [4.78, 5) is 31.1. The number of rotatable bonds is 9. The van der Waals surface area contributed by atoms with Crippen LogP contribution in [-0.2, 0) is 9.59 Å². The SMILES string of the molecule is CCOc1cc([C@@H]2CC(=O)N([C@@H](C)C(=O)Nc3nc(C(C)C)ns3)C2)ccc1OC(F)F. The maximum atomic E-state index is 12.7. The van der Waals surface area contributed by atoms with Gasteiger partial charge in [0.2, 0.25) is 16.9 Å². The number of halogens is 2. The zero-order valence-corrected chi connectivity index (χ0v) is 19.1. The van der Waals surface area contributed by atoms with Crippen LogP contribution in [0.15, 0.2) is 18.2 Å². The topological polar surface area (TPSA) is 93.7 Å². The Balaban J connectivity index is 1.69. The summed E-state index contributed by atoms with van der Waals surface area (Å²) in [7, 11) is 0. The van der Waals surface area contributed by atoms with E-state index < -0.39 is 12.7 Å². The second kappa shape index (κ2) is 10.2. The summed E-state index contributed by atoms with van der Waals surface area (Å²) >= 11 is 1.10. The molecule has 0 radical (unpaired) electrons. The first-order valence-corrected chi connectivity index (χ1v) is 11.1. The molecule has 2 atom stereocenters. The Kier molecular flexibility index (Phi) is 7.60. The molecule has 32 heavy (non-hydrogen) atoms. The lowest BCUT2D eigenvalue weighted by Crippen LogP contribution is -2.42. The molecule has 1 aromatic carbocycles. The van der Waals surface area contributed by atoms with Crippen molar-refractivity contribution in [2.24, 2.45) is 0 Å². The molecule has 1 aromatic heterocycles. The van der Waals surface area contributed by atoms with Crippen LogP contribution in [0.4, 0.5) is 13.9 Å². The lowest BCUT2D eigenvalue weighted by molar-refractivity contribution is -0.134. The van der Waals surface area contributed by atoms with Gasteiger partial charge in [0.1, 0.15) is 11.9 Å². The Bertz CT molecular complexity index is 969. The molecular weight excluding hydrogens is 442 g/mol. The zero-order chi connectivity index (χ0) is 23.4. The lowest BCUT2D eigenvalue weighted by atomic mass is 9.98. The third-order valence-corrected chi connectivity index (χ3v) is 5.79. The molecule has 1 aliphatic rings. The molecule has 1 fully saturated rings. The predicted molar refractivity (Wildman–Crippen MR) is 115 cm³/mol. The maximum Gasteiger partial charge on any atom is 0.387 e. The van der Waals surface area contributed by atoms with E-state index in [1.165, 1.54) is 11.0 Å². The average Bonchev–Trinajstić information content (AvgIpc) is 3.35. The molecule has 0 bridgehead atoms. The first kappa shape index (κ1) is 23.8. The Hall–Kier alpha value is -2.82. The largest absolute Gasteiger partial charge is 0.490 e. The van der Waals surface area contributed by atoms with E-state index >= 15 is 0 Å². The van der Waals surface area contributed by atoms with Gasteiger partial charge in [0.05, 0.1) is 6.61 Å². The van der Waals surface area contributed by atoms with Crippen LogP contribution in [0.25, 0.3) is 0 Å². The van der Waals surface area contributed by atoms with Crippen molar-refractivity contribution in [3.8, 4) is 11.5 Å². The summed E-state index contributed by atoms with van der Waals surface area (Å²) < 4.78 is 39.4. The molecule has 174 valence electrons. The number of nitrogens with one attached hydrogen (secondary N) is 1. The van der Waals surface area contributed by atoms with Crippen molar-refractivity contribution in [3.05, 3.63) is 29.6 Å². The van der Waals surface area contributed by atoms with Crippen LogP contribution in [-0.4, -0.2) is 51.9 Å². The Labute approximate surface area is 189 Å². The molecule has 1 saturated heterocycles. The van der Waals surface area contributed by atoms with Gasteiger partial charge in [0.15, 0.2) is 11.5 Å². The number of hydrogen-bond donors (Lipinski definition) is 1. The highest BCUT2D eigenvalue weighted by atomic mass is 32.1. The summed E-state index contributed by atoms with van der Waals surface area (Å²) in [6.45, 7) is 4.95. The molecule has 2 heterocycles. The van der Waals surface area contributed by atoms with Gasteiger partial charge in [-0.25, -0.2) is 4.98 Å². The van der Waals surface area contributed by atoms with Gasteiger partial charge in [-0.05, 0) is 31.5 Å². The normalized spacial score (nSPS) is 17.2. The van der Waals surface area contributed by atoms with Gasteiger partial charge >= 0.3 is 6.61 Å². The Morgan fingerprint density at radius 1 is 1.31 bits per heavy atom. The highest BCUT2D eigenvalue weighted by Gasteiger charge is 2.36. The molecule has 1 aliphatic heterocycles. The molecule has 0 saturated carbocycles. The van der Waals surface area contributed by atoms with Gasteiger partial charge in [-0.15, -0.1) is 0 Å². The fraction of sp³-hybridized carbons (Fsp3) is 0.524. The average molecular weight is 469 g/mol. The molecule has 3 rings (SSSR count). The summed E-state index contributed by atoms with van der Waals surface area (Å²) in [6.07, 6.45) is 0.203. The number of amides is 2. The smallest absolute Gasteiger partial charge is 0.387 e. The van der Waals surface area contributed by atoms with Crippen molar-refractivity contribution >= 4 is 28.5 Å². The highest BCUT2D eigenvalue weighted by Crippen LogP contribution is 2.36. The van der Waals surface area contributed by atoms with Crippen molar-refractivity contribution in [2.75, 3.05) is 18.5 Å². The fourth-order valence-corrected chi connectivity index (χ4v) is 4.15. The highest BCUT2D eigenvalue weighted by molar-refractivity contribution is 7.09. The van der Waals surface area contributed by atoms with Crippen LogP contribution in [0, 0.1) is 0 Å². The van der Waals surface area contributed by atoms with Crippen LogP contribution in [0.2, 0.25) is 0 Å². The molecule has 0 unspecified atom stereocenters. The first-order chi connectivity index (χ1) is 15.2. The molecular formula is C21H26F2N4O4S. The fourth-order valence-electron chi connectivity index (χ4n) is 3.44. The quantitative estimate of drug-likeness (QED) is 0.598. The minimum atomic E-state index is -2.97. The Morgan fingerprint density at radius 3 is 2.69 bits per heavy atom. The van der Waals surface area contributed by atoms with E-state index in [1.807, 2.05) is 13.8 Å². The van der Waals surface area contributed by atoms with Crippen LogP contribution >= 0.6 is 11.5 Å². The second-order valence-corrected chi connectivity index (χ2v) is 8.49. The van der Waals surface area contributed by atoms with Crippen molar-refractivity contribution in [3.63, 3.8) is 0 Å². The Morgan fingerprint density at radius 2 is 2.06 bits per heavy atom. The summed E-state index contributed by atoms with van der Waals surface area (Å²) in [6, 6.07) is 3.97. The minimum absolute atomic E-state index is 0.0580. The first-order valence-electron chi connectivity index (χ1n) is 10.3. The van der Waals surface area contributed by atoms with Crippen molar-refractivity contribution in [2.45, 2.75) is 58.6 Å². The number of nitrogens with zero attached hydrogens (tertiary/aromatic N) is 3. The monoisotopic (exact) mass is 468 g/mol. The number of ether oxygens (including phenoxy) is 2. The zero-order valence-electron chi connectivity index (χ0n) is 18.3. The van der Waals surface area contributed by atoms with Crippen LogP contribution in [0.1, 0.15) is 57.3 Å². The molecule has 2 aromatic rings. The van der Waals surface area contributed by atoms with Crippen LogP contribution < -0.4 is 14.8 Å². The standard InChI is InChI=1S/C21H26F2N4O4S/c1-5-30-16-8-13(6-7-15(16)31-20(22)23)14-9-17(28)27(10-14)12(4)19(29)25-21-24-18(11(2)3)26-32-21/h6-8,11-12,14,20H,5,9-10H2,1-4H3,(H,24,25,26,29)/t12-,14+/m0/s1. The van der Waals surface area contributed by atoms with Gasteiger partial charge in [-0.2, -0.15) is 13.2 Å². The summed E-state index contributed by atoms with van der Waals surface area (Å²) in [5.41, 5.74) is 0.754. The third-order valence-electron chi connectivity index (χ3n) is 5.15. The van der Waals surface area contributed by atoms with E-state index in [2.05, 4.69) is 19.4 Å². The van der Waals surface area contributed by atoms with Gasteiger partial charge in [-0.3, -0.25) is 14.9 Å². The molecule has 2 amide bonds. The van der Waals surface area contributed by atoms with Gasteiger partial charge in [0, 0.05) is 36.3 Å². The molecule has 0 aliphatic carbocycles. The van der Waals surface area contributed by atoms with Crippen LogP contribution in [0.5, 0.6) is 11.5 Å². The molecule has 11 heteroatoms. The molecule has 8 nitrogen and oxygen atoms in total. The maximum absolute atomic E-state index is 12.7. The number of carbonyl (C=O) groups excluding carboxylic acids is 2. The number of likely N-dealkylation sites (tertiary alicyclic amines) is 1. The van der Waals surface area contributed by atoms with E-state index in [0.717, 1.165) is 17.1 Å². The van der Waals surface area contributed by atoms with E-state index in [9.17, 15) is 18.4 Å². The number of aromatic nitrogens is 2. The molecule has 0 spiro atoms. The van der Waals surface area contributed by atoms with Crippen LogP contribution in [0.3, 0.4) is 0 Å².